The Morgan fingerprint density at radius 3 is 2.38 bits per heavy atom. The molecule has 1 heterocycles. The third-order valence-corrected chi connectivity index (χ3v) is 6.14. The number of amides is 3. The second-order valence-corrected chi connectivity index (χ2v) is 8.62. The predicted molar refractivity (Wildman–Crippen MR) is 123 cm³/mol. The summed E-state index contributed by atoms with van der Waals surface area (Å²) in [5, 5.41) is 33.5. The minimum atomic E-state index is -1.29. The predicted octanol–water partition coefficient (Wildman–Crippen LogP) is -0.654. The summed E-state index contributed by atoms with van der Waals surface area (Å²) in [5.74, 6) is -3.24. The first-order chi connectivity index (χ1) is 16.1. The number of carbonyl (C=O) groups is 4. The van der Waals surface area contributed by atoms with Crippen molar-refractivity contribution in [2.24, 2.45) is 11.7 Å². The lowest BCUT2D eigenvalue weighted by Crippen LogP contribution is -2.58. The zero-order valence-corrected chi connectivity index (χ0v) is 19.4. The fourth-order valence-corrected chi connectivity index (χ4v) is 3.88. The fourth-order valence-electron chi connectivity index (χ4n) is 3.88. The lowest BCUT2D eigenvalue weighted by molar-refractivity contribution is -0.146. The van der Waals surface area contributed by atoms with E-state index in [2.05, 4.69) is 10.6 Å². The first-order valence-corrected chi connectivity index (χ1v) is 11.4. The maximum absolute atomic E-state index is 13.0. The molecule has 188 valence electrons. The number of carboxylic acids is 1. The van der Waals surface area contributed by atoms with Crippen LogP contribution in [0.4, 0.5) is 0 Å². The highest BCUT2D eigenvalue weighted by atomic mass is 16.4. The zero-order chi connectivity index (χ0) is 25.4. The van der Waals surface area contributed by atoms with Gasteiger partial charge in [-0.25, -0.2) is 4.79 Å². The van der Waals surface area contributed by atoms with Gasteiger partial charge in [-0.2, -0.15) is 0 Å². The van der Waals surface area contributed by atoms with Crippen molar-refractivity contribution >= 4 is 23.7 Å². The molecule has 1 saturated heterocycles. The quantitative estimate of drug-likeness (QED) is 0.242. The highest BCUT2D eigenvalue weighted by molar-refractivity contribution is 5.94. The molecule has 0 radical (unpaired) electrons. The van der Waals surface area contributed by atoms with Crippen LogP contribution >= 0.6 is 0 Å². The molecule has 1 aromatic carbocycles. The van der Waals surface area contributed by atoms with E-state index in [0.29, 0.717) is 24.8 Å². The molecular formula is C23H34N4O7. The summed E-state index contributed by atoms with van der Waals surface area (Å²) in [6.07, 6.45) is 1.57. The number of phenols is 1. The number of aliphatic hydroxyl groups is 1. The van der Waals surface area contributed by atoms with Crippen LogP contribution in [0.3, 0.4) is 0 Å². The SMILES string of the molecule is CCC(C)C(NC(=O)C1CCCN1C(=O)C(CO)NC(=O)C(N)Cc1ccc(O)cc1)C(=O)O. The maximum atomic E-state index is 13.0. The van der Waals surface area contributed by atoms with Crippen LogP contribution in [0.15, 0.2) is 24.3 Å². The Balaban J connectivity index is 2.03. The van der Waals surface area contributed by atoms with Crippen molar-refractivity contribution in [2.75, 3.05) is 13.2 Å². The first kappa shape index (κ1) is 27.1. The number of aliphatic carboxylic acids is 1. The zero-order valence-electron chi connectivity index (χ0n) is 19.4. The molecule has 34 heavy (non-hydrogen) atoms. The molecule has 2 rings (SSSR count). The third-order valence-electron chi connectivity index (χ3n) is 6.14. The first-order valence-electron chi connectivity index (χ1n) is 11.4. The Bertz CT molecular complexity index is 877. The molecule has 0 aromatic heterocycles. The van der Waals surface area contributed by atoms with E-state index in [-0.39, 0.29) is 24.6 Å². The number of aromatic hydroxyl groups is 1. The monoisotopic (exact) mass is 478 g/mol. The van der Waals surface area contributed by atoms with Crippen LogP contribution in [0, 0.1) is 5.92 Å². The van der Waals surface area contributed by atoms with E-state index in [1.54, 1.807) is 19.1 Å². The summed E-state index contributed by atoms with van der Waals surface area (Å²) in [5.41, 5.74) is 6.65. The number of nitrogens with one attached hydrogen (secondary N) is 2. The van der Waals surface area contributed by atoms with Crippen molar-refractivity contribution in [1.29, 1.82) is 0 Å². The van der Waals surface area contributed by atoms with Crippen LogP contribution in [0.2, 0.25) is 0 Å². The summed E-state index contributed by atoms with van der Waals surface area (Å²) in [7, 11) is 0. The van der Waals surface area contributed by atoms with Gasteiger partial charge in [-0.3, -0.25) is 14.4 Å². The van der Waals surface area contributed by atoms with Gasteiger partial charge in [-0.15, -0.1) is 0 Å². The Morgan fingerprint density at radius 2 is 1.82 bits per heavy atom. The molecule has 0 aliphatic carbocycles. The number of rotatable bonds is 11. The average Bonchev–Trinajstić information content (AvgIpc) is 3.31. The van der Waals surface area contributed by atoms with E-state index in [1.165, 1.54) is 17.0 Å². The minimum absolute atomic E-state index is 0.0794. The fraction of sp³-hybridized carbons (Fsp3) is 0.565. The average molecular weight is 479 g/mol. The van der Waals surface area contributed by atoms with Crippen LogP contribution in [0.5, 0.6) is 5.75 Å². The Morgan fingerprint density at radius 1 is 1.18 bits per heavy atom. The molecule has 1 aliphatic heterocycles. The summed E-state index contributed by atoms with van der Waals surface area (Å²) in [6.45, 7) is 3.09. The molecule has 3 amide bonds. The Labute approximate surface area is 198 Å². The van der Waals surface area contributed by atoms with Crippen molar-refractivity contribution in [3.05, 3.63) is 29.8 Å². The van der Waals surface area contributed by atoms with Crippen molar-refractivity contribution in [1.82, 2.24) is 15.5 Å². The van der Waals surface area contributed by atoms with Crippen LogP contribution in [0.25, 0.3) is 0 Å². The second kappa shape index (κ2) is 12.3. The topological polar surface area (TPSA) is 182 Å². The minimum Gasteiger partial charge on any atom is -0.508 e. The number of carboxylic acid groups (broad SMARTS) is 1. The van der Waals surface area contributed by atoms with E-state index in [1.807, 2.05) is 6.92 Å². The van der Waals surface area contributed by atoms with Crippen molar-refractivity contribution in [3.8, 4) is 5.75 Å². The molecule has 1 aromatic rings. The normalized spacial score (nSPS) is 19.1. The number of nitrogens with zero attached hydrogens (tertiary/aromatic N) is 1. The summed E-state index contributed by atoms with van der Waals surface area (Å²) < 4.78 is 0. The highest BCUT2D eigenvalue weighted by Crippen LogP contribution is 2.20. The van der Waals surface area contributed by atoms with Gasteiger partial charge in [0, 0.05) is 6.54 Å². The Hall–Kier alpha value is -3.18. The van der Waals surface area contributed by atoms with Crippen LogP contribution < -0.4 is 16.4 Å². The molecular weight excluding hydrogens is 444 g/mol. The van der Waals surface area contributed by atoms with E-state index in [4.69, 9.17) is 5.73 Å². The van der Waals surface area contributed by atoms with Gasteiger partial charge in [-0.1, -0.05) is 32.4 Å². The van der Waals surface area contributed by atoms with Crippen LogP contribution in [-0.4, -0.2) is 81.2 Å². The molecule has 7 N–H and O–H groups in total. The number of benzene rings is 1. The van der Waals surface area contributed by atoms with Gasteiger partial charge >= 0.3 is 5.97 Å². The number of nitrogens with two attached hydrogens (primary N) is 1. The third kappa shape index (κ3) is 6.91. The molecule has 0 spiro atoms. The molecule has 1 fully saturated rings. The molecule has 0 bridgehead atoms. The van der Waals surface area contributed by atoms with Crippen molar-refractivity contribution in [3.63, 3.8) is 0 Å². The second-order valence-electron chi connectivity index (χ2n) is 8.62. The lowest BCUT2D eigenvalue weighted by Gasteiger charge is -2.30. The van der Waals surface area contributed by atoms with E-state index in [9.17, 15) is 34.5 Å². The number of likely N-dealkylation sites (tertiary alicyclic amines) is 1. The van der Waals surface area contributed by atoms with Gasteiger partial charge in [0.05, 0.1) is 12.6 Å². The Kier molecular flexibility index (Phi) is 9.82. The number of hydrogen-bond acceptors (Lipinski definition) is 7. The largest absolute Gasteiger partial charge is 0.508 e. The number of aliphatic hydroxyl groups excluding tert-OH is 1. The van der Waals surface area contributed by atoms with E-state index >= 15 is 0 Å². The van der Waals surface area contributed by atoms with Gasteiger partial charge < -0.3 is 36.6 Å². The standard InChI is InChI=1S/C23H34N4O7/c1-3-13(2)19(23(33)34)26-21(31)18-5-4-10-27(18)22(32)17(12-28)25-20(30)16(24)11-14-6-8-15(29)9-7-14/h6-9,13,16-19,28-29H,3-5,10-12,24H2,1-2H3,(H,25,30)(H,26,31)(H,33,34). The number of phenolic OH excluding ortho intramolecular Hbond substituents is 1. The smallest absolute Gasteiger partial charge is 0.326 e. The molecule has 5 atom stereocenters. The molecule has 0 saturated carbocycles. The summed E-state index contributed by atoms with van der Waals surface area (Å²) in [6, 6.07) is 1.90. The molecule has 1 aliphatic rings. The van der Waals surface area contributed by atoms with E-state index in [0.717, 1.165) is 0 Å². The van der Waals surface area contributed by atoms with Crippen molar-refractivity contribution in [2.45, 2.75) is 63.7 Å². The van der Waals surface area contributed by atoms with Gasteiger partial charge in [0.25, 0.3) is 0 Å². The maximum Gasteiger partial charge on any atom is 0.326 e. The van der Waals surface area contributed by atoms with Gasteiger partial charge in [0.1, 0.15) is 23.9 Å². The summed E-state index contributed by atoms with van der Waals surface area (Å²) in [4.78, 5) is 51.2. The molecule has 11 nitrogen and oxygen atoms in total. The van der Waals surface area contributed by atoms with Crippen LogP contribution in [-0.2, 0) is 25.6 Å². The van der Waals surface area contributed by atoms with E-state index < -0.39 is 54.5 Å². The van der Waals surface area contributed by atoms with Gasteiger partial charge in [0.15, 0.2) is 0 Å². The van der Waals surface area contributed by atoms with Gasteiger partial charge in [0.2, 0.25) is 17.7 Å². The summed E-state index contributed by atoms with van der Waals surface area (Å²) >= 11 is 0. The molecule has 11 heteroatoms. The number of hydrogen-bond donors (Lipinski definition) is 6. The van der Waals surface area contributed by atoms with Crippen LogP contribution in [0.1, 0.15) is 38.7 Å². The molecule has 5 unspecified atom stereocenters. The number of carbonyl (C=O) groups excluding carboxylic acids is 3. The van der Waals surface area contributed by atoms with Gasteiger partial charge in [-0.05, 0) is 42.9 Å². The van der Waals surface area contributed by atoms with Crippen molar-refractivity contribution < 1.29 is 34.5 Å². The lowest BCUT2D eigenvalue weighted by atomic mass is 9.98. The highest BCUT2D eigenvalue weighted by Gasteiger charge is 2.39.